The number of nitrogens with zero attached hydrogens (tertiary/aromatic N) is 6. The van der Waals surface area contributed by atoms with Gasteiger partial charge >= 0.3 is 177 Å². The molecule has 78 heavy (non-hydrogen) atoms. The number of hydrogen-bond donors (Lipinski definition) is 0. The largest absolute Gasteiger partial charge is 1.00 e. The van der Waals surface area contributed by atoms with Gasteiger partial charge in [0.25, 0.3) is 0 Å². The van der Waals surface area contributed by atoms with Crippen LogP contribution in [0.2, 0.25) is 0 Å². The van der Waals surface area contributed by atoms with Gasteiger partial charge in [-0.25, -0.2) is 50.5 Å². The van der Waals surface area contributed by atoms with Crippen LogP contribution in [0.15, 0.2) is 139 Å². The minimum atomic E-state index is -5.30. The van der Waals surface area contributed by atoms with Crippen LogP contribution in [0, 0.1) is 0 Å². The third-order valence-electron chi connectivity index (χ3n) is 10.8. The predicted octanol–water partition coefficient (Wildman–Crippen LogP) is -14.7. The third-order valence-corrected chi connectivity index (χ3v) is 16.0. The Bertz CT molecular complexity index is 4350. The molecule has 36 heteroatoms. The van der Waals surface area contributed by atoms with Gasteiger partial charge in [0.15, 0.2) is 0 Å². The molecule has 2 aromatic heterocycles. The zero-order valence-electron chi connectivity index (χ0n) is 41.2. The third kappa shape index (κ3) is 15.4. The van der Waals surface area contributed by atoms with Gasteiger partial charge < -0.3 is 27.3 Å². The summed E-state index contributed by atoms with van der Waals surface area (Å²) >= 11 is 0. The van der Waals surface area contributed by atoms with Crippen molar-refractivity contribution in [2.75, 3.05) is 0 Å². The van der Waals surface area contributed by atoms with Crippen LogP contribution in [-0.4, -0.2) is 108 Å². The first-order valence-corrected chi connectivity index (χ1v) is 28.1. The molecule has 0 fully saturated rings. The van der Waals surface area contributed by atoms with Crippen molar-refractivity contribution < 1.29 is 255 Å². The molecule has 2 heterocycles. The summed E-state index contributed by atoms with van der Waals surface area (Å²) in [5.41, 5.74) is 0.250. The summed E-state index contributed by atoms with van der Waals surface area (Å²) in [6.45, 7) is 0. The maximum Gasteiger partial charge on any atom is 1.00 e. The Labute approximate surface area is 576 Å². The molecule has 0 unspecified atom stereocenters. The van der Waals surface area contributed by atoms with E-state index in [1.807, 2.05) is 0 Å². The topological polar surface area (TPSA) is 405 Å². The van der Waals surface area contributed by atoms with Crippen LogP contribution >= 0.6 is 0 Å². The Balaban J connectivity index is 0.00000267. The number of hydrogen-bond acceptors (Lipinski definition) is 22. The van der Waals surface area contributed by atoms with E-state index in [4.69, 9.17) is 0 Å². The molecule has 0 atom stereocenters. The van der Waals surface area contributed by atoms with Crippen LogP contribution in [0.5, 0.6) is 0 Å². The molecule has 0 N–H and O–H groups in total. The van der Waals surface area contributed by atoms with E-state index in [1.165, 1.54) is 60.7 Å². The molecule has 0 saturated heterocycles. The van der Waals surface area contributed by atoms with E-state index in [-0.39, 0.29) is 243 Å². The number of rotatable bonds is 12. The number of benzene rings is 7. The van der Waals surface area contributed by atoms with Gasteiger partial charge in [0.1, 0.15) is 82.8 Å². The average Bonchev–Trinajstić information content (AvgIpc) is 3.94. The fourth-order valence-electron chi connectivity index (χ4n) is 7.53. The van der Waals surface area contributed by atoms with Gasteiger partial charge in [0, 0.05) is 21.5 Å². The fourth-order valence-corrected chi connectivity index (χ4v) is 11.5. The smallest absolute Gasteiger partial charge is 0.744 e. The molecule has 0 aliphatic heterocycles. The first-order valence-electron chi connectivity index (χ1n) is 19.6. The number of aromatic nitrogens is 6. The van der Waals surface area contributed by atoms with E-state index in [0.29, 0.717) is 23.3 Å². The van der Waals surface area contributed by atoms with Crippen molar-refractivity contribution in [3.63, 3.8) is 0 Å². The minimum absolute atomic E-state index is 0. The Morgan fingerprint density at radius 2 is 0.641 bits per heavy atom. The summed E-state index contributed by atoms with van der Waals surface area (Å²) in [5, 5.41) is 15.8. The molecule has 0 aliphatic carbocycles. The Kier molecular flexibility index (Phi) is 24.0. The molecule has 0 amide bonds. The van der Waals surface area contributed by atoms with E-state index in [2.05, 4.69) is 20.4 Å². The van der Waals surface area contributed by atoms with Crippen LogP contribution in [0.3, 0.4) is 0 Å². The van der Waals surface area contributed by atoms with Crippen molar-refractivity contribution in [3.05, 3.63) is 131 Å². The molecule has 0 spiro atoms. The summed E-state index contributed by atoms with van der Waals surface area (Å²) in [7, 11) is -31.5. The van der Waals surface area contributed by atoms with Gasteiger partial charge in [0.05, 0.1) is 40.7 Å². The normalized spacial score (nSPS) is 12.4. The van der Waals surface area contributed by atoms with E-state index < -0.39 is 90.1 Å². The zero-order valence-corrected chi connectivity index (χ0v) is 58.1. The van der Waals surface area contributed by atoms with E-state index in [9.17, 15) is 77.8 Å². The maximum absolute atomic E-state index is 12.5. The molecule has 24 nitrogen and oxygen atoms in total. The molecule has 370 valence electrons. The van der Waals surface area contributed by atoms with Crippen molar-refractivity contribution in [3.8, 4) is 11.4 Å². The summed E-state index contributed by atoms with van der Waals surface area (Å²) < 4.78 is 218. The summed E-state index contributed by atoms with van der Waals surface area (Å²) in [6, 6.07) is 20.6. The summed E-state index contributed by atoms with van der Waals surface area (Å²) in [5.74, 6) is 0. The van der Waals surface area contributed by atoms with E-state index in [0.717, 1.165) is 46.0 Å². The predicted molar refractivity (Wildman–Crippen MR) is 245 cm³/mol. The Morgan fingerprint density at radius 3 is 0.936 bits per heavy atom. The SMILES string of the molecule is O=S(=O)([O-])c1cc(S(=O)(=O)[O-])c2ccc3nn(-c4ccc(C=Cc5ccc(C=Cc6ccc(-n7nc8ccc9c(S(=O)(=O)[O-])cc(S(=O)(=O)[O-])cc9c8n7)cc6S(=O)(=O)[O-])cc5)c(S(=O)(=O)[O-])c4)nc3c2c1.[Na+].[Na+].[Na+].[Na+].[Na+].[Na+]. The molecule has 0 saturated carbocycles. The van der Waals surface area contributed by atoms with Crippen LogP contribution in [0.4, 0.5) is 0 Å². The van der Waals surface area contributed by atoms with Crippen LogP contribution < -0.4 is 177 Å². The quantitative estimate of drug-likeness (QED) is 0.0623. The summed E-state index contributed by atoms with van der Waals surface area (Å²) in [6.07, 6.45) is 5.54. The molecule has 9 aromatic rings. The monoisotopic (exact) mass is 1230 g/mol. The van der Waals surface area contributed by atoms with Crippen LogP contribution in [-0.2, 0) is 60.7 Å². The van der Waals surface area contributed by atoms with Gasteiger partial charge in [-0.1, -0.05) is 72.8 Å². The Hall–Kier alpha value is -1.20. The Morgan fingerprint density at radius 1 is 0.321 bits per heavy atom. The molecule has 0 bridgehead atoms. The second-order valence-electron chi connectivity index (χ2n) is 15.4. The summed E-state index contributed by atoms with van der Waals surface area (Å²) in [4.78, 5) is -3.79. The van der Waals surface area contributed by atoms with Crippen molar-refractivity contribution in [2.24, 2.45) is 0 Å². The molecular formula is C42H22N6Na6O18S6. The van der Waals surface area contributed by atoms with Crippen LogP contribution in [0.25, 0.3) is 79.3 Å². The van der Waals surface area contributed by atoms with Crippen LogP contribution in [0.1, 0.15) is 22.3 Å². The van der Waals surface area contributed by atoms with Crippen molar-refractivity contribution in [1.29, 1.82) is 0 Å². The second kappa shape index (κ2) is 26.4. The maximum atomic E-state index is 12.5. The minimum Gasteiger partial charge on any atom is -0.744 e. The average molecular weight is 1230 g/mol. The van der Waals surface area contributed by atoms with E-state index >= 15 is 0 Å². The van der Waals surface area contributed by atoms with Crippen molar-refractivity contribution in [2.45, 2.75) is 29.4 Å². The van der Waals surface area contributed by atoms with Gasteiger partial charge in [-0.05, 0) is 82.9 Å². The van der Waals surface area contributed by atoms with Crippen molar-refractivity contribution in [1.82, 2.24) is 30.0 Å². The molecular weight excluding hydrogens is 1210 g/mol. The number of fused-ring (bicyclic) bond motifs is 6. The first kappa shape index (κ1) is 71.1. The molecule has 9 rings (SSSR count). The zero-order chi connectivity index (χ0) is 52.1. The van der Waals surface area contributed by atoms with Gasteiger partial charge in [-0.2, -0.15) is 9.59 Å². The first-order chi connectivity index (χ1) is 33.4. The van der Waals surface area contributed by atoms with Gasteiger partial charge in [0.2, 0.25) is 0 Å². The second-order valence-corrected chi connectivity index (χ2v) is 23.5. The standard InChI is InChI=1S/C42H28N6O18S6.6Na/c49-67(50,51)29-19-33-31(39(21-29)71(61,62)63)13-15-35-41(33)45-47(43-35)27-11-9-25(37(17-27)69(55,56)57)7-5-23-1-2-24(4-3-23)6-8-26-10-12-28(18-38(26)70(58,59)60)48-44-36-16-14-32-34(42(36)46-48)20-30(68(52,53)54)22-40(32)72(64,65)66;;;;;;/h1-22H,(H,49,50,51)(H,52,53,54)(H,55,56,57)(H,58,59,60)(H,61,62,63)(H,64,65,66);;;;;;/q;6*+1/p-6. The van der Waals surface area contributed by atoms with Crippen molar-refractivity contribution >= 4 is 129 Å². The molecule has 0 radical (unpaired) electrons. The fraction of sp³-hybridized carbons (Fsp3) is 0. The van der Waals surface area contributed by atoms with Gasteiger partial charge in [-0.3, -0.25) is 0 Å². The molecule has 7 aromatic carbocycles. The van der Waals surface area contributed by atoms with Gasteiger partial charge in [-0.15, -0.1) is 20.4 Å². The molecule has 0 aliphatic rings. The van der Waals surface area contributed by atoms with E-state index in [1.54, 1.807) is 24.3 Å².